The van der Waals surface area contributed by atoms with Crippen molar-refractivity contribution in [3.05, 3.63) is 29.8 Å². The fourth-order valence-electron chi connectivity index (χ4n) is 2.55. The van der Waals surface area contributed by atoms with Gasteiger partial charge in [-0.05, 0) is 30.9 Å². The molecule has 0 saturated heterocycles. The number of phenols is 1. The normalized spacial score (nSPS) is 23.9. The van der Waals surface area contributed by atoms with Gasteiger partial charge in [0.2, 0.25) is 0 Å². The highest BCUT2D eigenvalue weighted by Crippen LogP contribution is 2.47. The second kappa shape index (κ2) is 5.13. The molecule has 0 spiro atoms. The molecule has 2 rings (SSSR count). The fourth-order valence-corrected chi connectivity index (χ4v) is 2.55. The quantitative estimate of drug-likeness (QED) is 0.612. The predicted octanol–water partition coefficient (Wildman–Crippen LogP) is 0.828. The van der Waals surface area contributed by atoms with Crippen molar-refractivity contribution < 1.29 is 24.9 Å². The van der Waals surface area contributed by atoms with E-state index in [0.717, 1.165) is 0 Å². The van der Waals surface area contributed by atoms with Crippen molar-refractivity contribution in [3.8, 4) is 5.75 Å². The Labute approximate surface area is 115 Å². The van der Waals surface area contributed by atoms with Crippen LogP contribution in [0.5, 0.6) is 5.75 Å². The standard InChI is InChI=1S/C14H17NO5/c15-14(13(19)20,10-7-9(10)12(17)18)6-5-8-3-1-2-4-11(8)16/h1-4,9-10,16H,5-7,15H2,(H,17,18)(H,19,20)/t9-,10-,14?/m0/s1. The lowest BCUT2D eigenvalue weighted by molar-refractivity contribution is -0.145. The molecule has 0 bridgehead atoms. The smallest absolute Gasteiger partial charge is 0.324 e. The number of nitrogens with two attached hydrogens (primary N) is 1. The lowest BCUT2D eigenvalue weighted by atomic mass is 9.86. The molecular weight excluding hydrogens is 262 g/mol. The molecule has 108 valence electrons. The molecule has 1 aliphatic carbocycles. The van der Waals surface area contributed by atoms with E-state index in [2.05, 4.69) is 0 Å². The molecule has 0 aromatic heterocycles. The number of hydrogen-bond acceptors (Lipinski definition) is 4. The third-order valence-corrected chi connectivity index (χ3v) is 3.97. The molecule has 5 N–H and O–H groups in total. The molecule has 20 heavy (non-hydrogen) atoms. The number of phenolic OH excluding ortho intramolecular Hbond substituents is 1. The highest BCUT2D eigenvalue weighted by atomic mass is 16.4. The van der Waals surface area contributed by atoms with Gasteiger partial charge in [-0.3, -0.25) is 9.59 Å². The maximum Gasteiger partial charge on any atom is 0.324 e. The van der Waals surface area contributed by atoms with Crippen LogP contribution in [0.2, 0.25) is 0 Å². The summed E-state index contributed by atoms with van der Waals surface area (Å²) in [6.07, 6.45) is 0.672. The number of aryl methyl sites for hydroxylation is 1. The maximum absolute atomic E-state index is 11.4. The van der Waals surface area contributed by atoms with Crippen LogP contribution in [-0.2, 0) is 16.0 Å². The van der Waals surface area contributed by atoms with Gasteiger partial charge in [0.25, 0.3) is 0 Å². The number of carboxylic acid groups (broad SMARTS) is 2. The summed E-state index contributed by atoms with van der Waals surface area (Å²) in [7, 11) is 0. The Kier molecular flexibility index (Phi) is 3.67. The van der Waals surface area contributed by atoms with Crippen LogP contribution in [0.3, 0.4) is 0 Å². The van der Waals surface area contributed by atoms with Crippen LogP contribution < -0.4 is 5.73 Å². The van der Waals surface area contributed by atoms with E-state index >= 15 is 0 Å². The molecule has 1 aliphatic rings. The predicted molar refractivity (Wildman–Crippen MR) is 70.2 cm³/mol. The lowest BCUT2D eigenvalue weighted by Gasteiger charge is -2.25. The summed E-state index contributed by atoms with van der Waals surface area (Å²) >= 11 is 0. The minimum atomic E-state index is -1.56. The van der Waals surface area contributed by atoms with E-state index in [1.54, 1.807) is 18.2 Å². The van der Waals surface area contributed by atoms with E-state index < -0.39 is 29.3 Å². The molecule has 6 nitrogen and oxygen atoms in total. The number of hydrogen-bond donors (Lipinski definition) is 4. The van der Waals surface area contributed by atoms with Gasteiger partial charge in [0, 0.05) is 5.92 Å². The first-order valence-corrected chi connectivity index (χ1v) is 6.38. The first kappa shape index (κ1) is 14.3. The van der Waals surface area contributed by atoms with E-state index in [1.165, 1.54) is 6.07 Å². The molecule has 0 radical (unpaired) electrons. The molecule has 3 atom stereocenters. The van der Waals surface area contributed by atoms with E-state index in [4.69, 9.17) is 10.8 Å². The Morgan fingerprint density at radius 3 is 2.45 bits per heavy atom. The number of benzene rings is 1. The Morgan fingerprint density at radius 2 is 1.95 bits per heavy atom. The number of rotatable bonds is 6. The first-order valence-electron chi connectivity index (χ1n) is 6.38. The molecule has 0 amide bonds. The van der Waals surface area contributed by atoms with Gasteiger partial charge >= 0.3 is 11.9 Å². The van der Waals surface area contributed by atoms with Crippen molar-refractivity contribution >= 4 is 11.9 Å². The fraction of sp³-hybridized carbons (Fsp3) is 0.429. The molecular formula is C14H17NO5. The maximum atomic E-state index is 11.4. The second-order valence-corrected chi connectivity index (χ2v) is 5.26. The van der Waals surface area contributed by atoms with Gasteiger partial charge in [0.05, 0.1) is 5.92 Å². The summed E-state index contributed by atoms with van der Waals surface area (Å²) in [5, 5.41) is 27.9. The van der Waals surface area contributed by atoms with Gasteiger partial charge in [-0.25, -0.2) is 0 Å². The molecule has 1 fully saturated rings. The summed E-state index contributed by atoms with van der Waals surface area (Å²) in [5.74, 6) is -3.34. The molecule has 6 heteroatoms. The molecule has 0 heterocycles. The number of aliphatic carboxylic acids is 2. The molecule has 1 unspecified atom stereocenters. The van der Waals surface area contributed by atoms with Gasteiger partial charge in [-0.2, -0.15) is 0 Å². The number of carbonyl (C=O) groups is 2. The lowest BCUT2D eigenvalue weighted by Crippen LogP contribution is -2.51. The van der Waals surface area contributed by atoms with Crippen molar-refractivity contribution in [2.24, 2.45) is 17.6 Å². The van der Waals surface area contributed by atoms with E-state index in [1.807, 2.05) is 0 Å². The Balaban J connectivity index is 2.09. The Hall–Kier alpha value is -2.08. The molecule has 1 aromatic rings. The van der Waals surface area contributed by atoms with Gasteiger partial charge in [-0.15, -0.1) is 0 Å². The number of carboxylic acids is 2. The highest BCUT2D eigenvalue weighted by Gasteiger charge is 2.58. The summed E-state index contributed by atoms with van der Waals surface area (Å²) in [6, 6.07) is 6.63. The average Bonchev–Trinajstić information content (AvgIpc) is 3.18. The van der Waals surface area contributed by atoms with E-state index in [9.17, 15) is 19.8 Å². The van der Waals surface area contributed by atoms with Crippen LogP contribution in [0.15, 0.2) is 24.3 Å². The van der Waals surface area contributed by atoms with Crippen LogP contribution in [0, 0.1) is 11.8 Å². The third kappa shape index (κ3) is 2.60. The molecule has 0 aliphatic heterocycles. The SMILES string of the molecule is NC(CCc1ccccc1O)(C(=O)O)[C@H]1C[C@@H]1C(=O)O. The van der Waals surface area contributed by atoms with Crippen molar-refractivity contribution in [1.29, 1.82) is 0 Å². The zero-order chi connectivity index (χ0) is 14.9. The van der Waals surface area contributed by atoms with Crippen molar-refractivity contribution in [3.63, 3.8) is 0 Å². The van der Waals surface area contributed by atoms with Gasteiger partial charge in [0.1, 0.15) is 11.3 Å². The average molecular weight is 279 g/mol. The monoisotopic (exact) mass is 279 g/mol. The van der Waals surface area contributed by atoms with Crippen LogP contribution >= 0.6 is 0 Å². The first-order chi connectivity index (χ1) is 9.36. The van der Waals surface area contributed by atoms with Gasteiger partial charge < -0.3 is 21.1 Å². The Morgan fingerprint density at radius 1 is 1.30 bits per heavy atom. The van der Waals surface area contributed by atoms with Crippen molar-refractivity contribution in [1.82, 2.24) is 0 Å². The van der Waals surface area contributed by atoms with Crippen LogP contribution in [0.4, 0.5) is 0 Å². The third-order valence-electron chi connectivity index (χ3n) is 3.97. The van der Waals surface area contributed by atoms with E-state index in [-0.39, 0.29) is 18.6 Å². The van der Waals surface area contributed by atoms with Crippen molar-refractivity contribution in [2.75, 3.05) is 0 Å². The van der Waals surface area contributed by atoms with Crippen LogP contribution in [-0.4, -0.2) is 32.8 Å². The molecule has 1 aromatic carbocycles. The largest absolute Gasteiger partial charge is 0.508 e. The minimum Gasteiger partial charge on any atom is -0.508 e. The van der Waals surface area contributed by atoms with Crippen LogP contribution in [0.25, 0.3) is 0 Å². The topological polar surface area (TPSA) is 121 Å². The second-order valence-electron chi connectivity index (χ2n) is 5.26. The summed E-state index contributed by atoms with van der Waals surface area (Å²) in [4.78, 5) is 22.3. The highest BCUT2D eigenvalue weighted by molar-refractivity contribution is 5.83. The zero-order valence-electron chi connectivity index (χ0n) is 10.8. The summed E-state index contributed by atoms with van der Waals surface area (Å²) < 4.78 is 0. The van der Waals surface area contributed by atoms with E-state index in [0.29, 0.717) is 12.0 Å². The summed E-state index contributed by atoms with van der Waals surface area (Å²) in [6.45, 7) is 0. The van der Waals surface area contributed by atoms with Crippen molar-refractivity contribution in [2.45, 2.75) is 24.8 Å². The molecule has 1 saturated carbocycles. The Bertz CT molecular complexity index is 544. The zero-order valence-corrected chi connectivity index (χ0v) is 10.8. The van der Waals surface area contributed by atoms with Gasteiger partial charge in [0.15, 0.2) is 0 Å². The summed E-state index contributed by atoms with van der Waals surface area (Å²) in [5.41, 5.74) is 4.97. The van der Waals surface area contributed by atoms with Crippen LogP contribution in [0.1, 0.15) is 18.4 Å². The minimum absolute atomic E-state index is 0.0887. The number of para-hydroxylation sites is 1. The number of aromatic hydroxyl groups is 1. The van der Waals surface area contributed by atoms with Gasteiger partial charge in [-0.1, -0.05) is 18.2 Å².